The molecular formula is C21H20ClNO3S. The first-order valence-electron chi connectivity index (χ1n) is 8.98. The van der Waals surface area contributed by atoms with E-state index in [4.69, 9.17) is 16.3 Å². The van der Waals surface area contributed by atoms with Gasteiger partial charge in [-0.15, -0.1) is 11.3 Å². The monoisotopic (exact) mass is 401 g/mol. The third-order valence-corrected chi connectivity index (χ3v) is 6.48. The molecule has 0 saturated carbocycles. The predicted molar refractivity (Wildman–Crippen MR) is 109 cm³/mol. The second-order valence-corrected chi connectivity index (χ2v) is 8.12. The van der Waals surface area contributed by atoms with Gasteiger partial charge >= 0.3 is 0 Å². The van der Waals surface area contributed by atoms with Crippen molar-refractivity contribution in [3.8, 4) is 5.75 Å². The van der Waals surface area contributed by atoms with Crippen molar-refractivity contribution in [3.63, 3.8) is 0 Å². The van der Waals surface area contributed by atoms with Crippen LogP contribution in [0.25, 0.3) is 10.1 Å². The van der Waals surface area contributed by atoms with Crippen molar-refractivity contribution < 1.29 is 14.6 Å². The lowest BCUT2D eigenvalue weighted by Crippen LogP contribution is -2.36. The number of carbonyl (C=O) groups is 1. The first-order valence-corrected chi connectivity index (χ1v) is 10.2. The minimum absolute atomic E-state index is 0.0213. The largest absolute Gasteiger partial charge is 0.508 e. The molecule has 6 heteroatoms. The van der Waals surface area contributed by atoms with Gasteiger partial charge in [0.2, 0.25) is 0 Å². The molecule has 1 aromatic heterocycles. The van der Waals surface area contributed by atoms with Crippen molar-refractivity contribution in [1.29, 1.82) is 0 Å². The lowest BCUT2D eigenvalue weighted by Gasteiger charge is -2.25. The van der Waals surface area contributed by atoms with E-state index in [1.165, 1.54) is 11.3 Å². The van der Waals surface area contributed by atoms with Gasteiger partial charge in [-0.3, -0.25) is 4.79 Å². The molecule has 1 aliphatic heterocycles. The number of carbonyl (C=O) groups excluding carboxylic acids is 1. The Balaban J connectivity index is 1.66. The molecule has 0 bridgehead atoms. The van der Waals surface area contributed by atoms with E-state index in [0.717, 1.165) is 29.5 Å². The van der Waals surface area contributed by atoms with Gasteiger partial charge in [0.1, 0.15) is 10.6 Å². The van der Waals surface area contributed by atoms with E-state index in [0.29, 0.717) is 28.6 Å². The van der Waals surface area contributed by atoms with Gasteiger partial charge in [-0.2, -0.15) is 0 Å². The summed E-state index contributed by atoms with van der Waals surface area (Å²) in [4.78, 5) is 15.6. The summed E-state index contributed by atoms with van der Waals surface area (Å²) >= 11 is 7.94. The molecule has 0 spiro atoms. The van der Waals surface area contributed by atoms with Crippen LogP contribution < -0.4 is 0 Å². The van der Waals surface area contributed by atoms with Gasteiger partial charge in [0.15, 0.2) is 0 Å². The minimum Gasteiger partial charge on any atom is -0.508 e. The molecule has 1 unspecified atom stereocenters. The smallest absolute Gasteiger partial charge is 0.265 e. The zero-order valence-electron chi connectivity index (χ0n) is 14.7. The minimum atomic E-state index is -0.125. The van der Waals surface area contributed by atoms with Gasteiger partial charge in [0, 0.05) is 35.3 Å². The molecule has 1 aliphatic rings. The molecule has 3 aromatic rings. The van der Waals surface area contributed by atoms with Crippen LogP contribution in [-0.4, -0.2) is 35.2 Å². The van der Waals surface area contributed by atoms with Crippen LogP contribution in [0.3, 0.4) is 0 Å². The number of aromatic hydroxyl groups is 1. The van der Waals surface area contributed by atoms with E-state index in [2.05, 4.69) is 0 Å². The Morgan fingerprint density at radius 1 is 1.22 bits per heavy atom. The molecule has 1 N–H and O–H groups in total. The van der Waals surface area contributed by atoms with Crippen LogP contribution in [0.5, 0.6) is 5.75 Å². The van der Waals surface area contributed by atoms with E-state index in [9.17, 15) is 9.90 Å². The Morgan fingerprint density at radius 3 is 2.74 bits per heavy atom. The summed E-state index contributed by atoms with van der Waals surface area (Å²) in [6.45, 7) is 1.53. The standard InChI is InChI=1S/C21H20ClNO3S/c22-19-16-8-2-4-10-18(16)27-20(19)21(25)23(13-15-7-5-11-26-15)12-14-6-1-3-9-17(14)24/h1-4,6,8-10,15,24H,5,7,11-13H2. The molecule has 2 aromatic carbocycles. The summed E-state index contributed by atoms with van der Waals surface area (Å²) in [6.07, 6.45) is 1.96. The third kappa shape index (κ3) is 3.81. The van der Waals surface area contributed by atoms with Crippen LogP contribution in [-0.2, 0) is 11.3 Å². The first-order chi connectivity index (χ1) is 13.1. The average molecular weight is 402 g/mol. The Bertz CT molecular complexity index is 965. The molecular weight excluding hydrogens is 382 g/mol. The van der Waals surface area contributed by atoms with Crippen molar-refractivity contribution in [1.82, 2.24) is 4.90 Å². The summed E-state index contributed by atoms with van der Waals surface area (Å²) in [6, 6.07) is 14.9. The fourth-order valence-electron chi connectivity index (χ4n) is 3.40. The normalized spacial score (nSPS) is 16.7. The third-order valence-electron chi connectivity index (χ3n) is 4.82. The number of halogens is 1. The highest BCUT2D eigenvalue weighted by atomic mass is 35.5. The van der Waals surface area contributed by atoms with Crippen LogP contribution in [0.2, 0.25) is 5.02 Å². The molecule has 0 radical (unpaired) electrons. The predicted octanol–water partition coefficient (Wildman–Crippen LogP) is 5.08. The SMILES string of the molecule is O=C(c1sc2ccccc2c1Cl)N(Cc1ccccc1O)CC1CCCO1. The van der Waals surface area contributed by atoms with Gasteiger partial charge in [-0.25, -0.2) is 0 Å². The lowest BCUT2D eigenvalue weighted by atomic mass is 10.1. The van der Waals surface area contributed by atoms with Crippen LogP contribution in [0.1, 0.15) is 28.1 Å². The number of nitrogens with zero attached hydrogens (tertiary/aromatic N) is 1. The highest BCUT2D eigenvalue weighted by molar-refractivity contribution is 7.21. The second-order valence-electron chi connectivity index (χ2n) is 6.69. The van der Waals surface area contributed by atoms with Gasteiger partial charge in [-0.1, -0.05) is 48.0 Å². The molecule has 1 saturated heterocycles. The number of phenolic OH excluding ortho intramolecular Hbond substituents is 1. The number of ether oxygens (including phenoxy) is 1. The molecule has 1 fully saturated rings. The van der Waals surface area contributed by atoms with Crippen molar-refractivity contribution in [3.05, 3.63) is 64.0 Å². The molecule has 27 heavy (non-hydrogen) atoms. The number of benzene rings is 2. The number of thiophene rings is 1. The van der Waals surface area contributed by atoms with Crippen LogP contribution in [0, 0.1) is 0 Å². The highest BCUT2D eigenvalue weighted by Crippen LogP contribution is 2.36. The topological polar surface area (TPSA) is 49.8 Å². The molecule has 0 aliphatic carbocycles. The van der Waals surface area contributed by atoms with Crippen LogP contribution >= 0.6 is 22.9 Å². The zero-order valence-corrected chi connectivity index (χ0v) is 16.3. The van der Waals surface area contributed by atoms with Crippen molar-refractivity contribution in [2.75, 3.05) is 13.2 Å². The Kier molecular flexibility index (Phi) is 5.34. The summed E-state index contributed by atoms with van der Waals surface area (Å²) in [5.74, 6) is 0.0602. The number of amides is 1. The van der Waals surface area contributed by atoms with E-state index < -0.39 is 0 Å². The van der Waals surface area contributed by atoms with Gasteiger partial charge in [0.05, 0.1) is 11.1 Å². The van der Waals surface area contributed by atoms with Gasteiger partial charge in [0.25, 0.3) is 5.91 Å². The Morgan fingerprint density at radius 2 is 2.00 bits per heavy atom. The number of para-hydroxylation sites is 1. The lowest BCUT2D eigenvalue weighted by molar-refractivity contribution is 0.0509. The van der Waals surface area contributed by atoms with E-state index in [1.54, 1.807) is 17.0 Å². The molecule has 2 heterocycles. The van der Waals surface area contributed by atoms with Gasteiger partial charge < -0.3 is 14.7 Å². The van der Waals surface area contributed by atoms with E-state index in [1.807, 2.05) is 36.4 Å². The Hall–Kier alpha value is -2.08. The van der Waals surface area contributed by atoms with Crippen LogP contribution in [0.4, 0.5) is 0 Å². The fourth-order valence-corrected chi connectivity index (χ4v) is 4.88. The molecule has 4 rings (SSSR count). The number of phenols is 1. The maximum atomic E-state index is 13.4. The second kappa shape index (κ2) is 7.89. The number of hydrogen-bond acceptors (Lipinski definition) is 4. The molecule has 1 atom stereocenters. The number of rotatable bonds is 5. The summed E-state index contributed by atoms with van der Waals surface area (Å²) < 4.78 is 6.73. The van der Waals surface area contributed by atoms with Crippen molar-refractivity contribution in [2.45, 2.75) is 25.5 Å². The van der Waals surface area contributed by atoms with E-state index >= 15 is 0 Å². The molecule has 140 valence electrons. The zero-order chi connectivity index (χ0) is 18.8. The van der Waals surface area contributed by atoms with Crippen molar-refractivity contribution >= 4 is 38.9 Å². The first kappa shape index (κ1) is 18.3. The Labute approximate surface area is 166 Å². The van der Waals surface area contributed by atoms with Crippen molar-refractivity contribution in [2.24, 2.45) is 0 Å². The summed E-state index contributed by atoms with van der Waals surface area (Å²) in [5, 5.41) is 11.5. The molecule has 4 nitrogen and oxygen atoms in total. The van der Waals surface area contributed by atoms with Gasteiger partial charge in [-0.05, 0) is 25.0 Å². The fraction of sp³-hybridized carbons (Fsp3) is 0.286. The van der Waals surface area contributed by atoms with E-state index in [-0.39, 0.29) is 17.8 Å². The maximum Gasteiger partial charge on any atom is 0.265 e. The quantitative estimate of drug-likeness (QED) is 0.648. The number of hydrogen-bond donors (Lipinski definition) is 1. The van der Waals surface area contributed by atoms with Crippen LogP contribution in [0.15, 0.2) is 48.5 Å². The average Bonchev–Trinajstić information content (AvgIpc) is 3.31. The summed E-state index contributed by atoms with van der Waals surface area (Å²) in [7, 11) is 0. The molecule has 1 amide bonds. The number of fused-ring (bicyclic) bond motifs is 1. The highest BCUT2D eigenvalue weighted by Gasteiger charge is 2.27. The maximum absolute atomic E-state index is 13.4. The summed E-state index contributed by atoms with van der Waals surface area (Å²) in [5.41, 5.74) is 0.709.